The maximum atomic E-state index is 13.3. The molecule has 1 saturated heterocycles. The highest BCUT2D eigenvalue weighted by Gasteiger charge is 2.27. The third kappa shape index (κ3) is 11.2. The summed E-state index contributed by atoms with van der Waals surface area (Å²) in [7, 11) is -1.24. The van der Waals surface area contributed by atoms with Gasteiger partial charge in [0.05, 0.1) is 5.88 Å². The van der Waals surface area contributed by atoms with Crippen molar-refractivity contribution in [3.05, 3.63) is 35.9 Å². The van der Waals surface area contributed by atoms with Gasteiger partial charge in [-0.2, -0.15) is 11.8 Å². The summed E-state index contributed by atoms with van der Waals surface area (Å²) >= 11 is 1.72. The summed E-state index contributed by atoms with van der Waals surface area (Å²) in [4.78, 5) is 40.8. The van der Waals surface area contributed by atoms with Gasteiger partial charge in [-0.15, -0.1) is 0 Å². The molecule has 8 nitrogen and oxygen atoms in total. The molecule has 3 rings (SSSR count). The number of hydrogen-bond acceptors (Lipinski definition) is 6. The summed E-state index contributed by atoms with van der Waals surface area (Å²) in [6.07, 6.45) is 10.1. The standard InChI is InChI=1S/C27H42N4O4S2/c1-37(35)21-31(20-32)17-26(33)29-25(19-36-18-23-10-6-3-7-11-23)27(34)28-24-12-14-30(15-13-24)16-22-8-4-2-5-9-22/h2,4-5,8-9,20,23-25H,3,6-7,10-19,21H2,1H3,(H,28,34)(H,29,33)/t25-,37?/m0/s1. The maximum absolute atomic E-state index is 13.3. The number of rotatable bonds is 14. The number of hydrogen-bond donors (Lipinski definition) is 2. The Bertz CT molecular complexity index is 874. The molecule has 2 aliphatic rings. The van der Waals surface area contributed by atoms with Gasteiger partial charge in [-0.25, -0.2) is 0 Å². The fraction of sp³-hybridized carbons (Fsp3) is 0.667. The topological polar surface area (TPSA) is 98.8 Å². The zero-order valence-corrected chi connectivity index (χ0v) is 23.6. The van der Waals surface area contributed by atoms with Crippen LogP contribution in [0.1, 0.15) is 50.5 Å². The number of piperidine rings is 1. The van der Waals surface area contributed by atoms with Gasteiger partial charge in [0.25, 0.3) is 0 Å². The molecule has 0 spiro atoms. The molecule has 1 aromatic rings. The molecule has 3 amide bonds. The van der Waals surface area contributed by atoms with E-state index in [0.717, 1.165) is 38.2 Å². The van der Waals surface area contributed by atoms with Gasteiger partial charge in [-0.05, 0) is 42.9 Å². The van der Waals surface area contributed by atoms with Crippen LogP contribution in [0.3, 0.4) is 0 Å². The highest BCUT2D eigenvalue weighted by molar-refractivity contribution is 7.99. The van der Waals surface area contributed by atoms with Crippen molar-refractivity contribution >= 4 is 40.8 Å². The van der Waals surface area contributed by atoms with Crippen molar-refractivity contribution in [3.63, 3.8) is 0 Å². The lowest BCUT2D eigenvalue weighted by Crippen LogP contribution is -2.54. The minimum atomic E-state index is -1.24. The first-order valence-corrected chi connectivity index (χ1v) is 16.2. The van der Waals surface area contributed by atoms with Crippen molar-refractivity contribution in [3.8, 4) is 0 Å². The second kappa shape index (κ2) is 16.1. The maximum Gasteiger partial charge on any atom is 0.243 e. The number of nitrogens with one attached hydrogen (secondary N) is 2. The molecule has 206 valence electrons. The molecule has 1 aliphatic carbocycles. The molecule has 1 unspecified atom stereocenters. The van der Waals surface area contributed by atoms with E-state index in [4.69, 9.17) is 0 Å². The largest absolute Gasteiger partial charge is 0.351 e. The minimum absolute atomic E-state index is 0.00817. The van der Waals surface area contributed by atoms with Crippen LogP contribution in [0.5, 0.6) is 0 Å². The highest BCUT2D eigenvalue weighted by atomic mass is 32.2. The molecular formula is C27H42N4O4S2. The van der Waals surface area contributed by atoms with Crippen LogP contribution in [-0.2, 0) is 31.7 Å². The Morgan fingerprint density at radius 3 is 2.49 bits per heavy atom. The molecule has 0 radical (unpaired) electrons. The molecule has 0 bridgehead atoms. The van der Waals surface area contributed by atoms with E-state index in [2.05, 4.69) is 39.8 Å². The van der Waals surface area contributed by atoms with E-state index < -0.39 is 22.7 Å². The molecule has 1 aromatic carbocycles. The molecule has 2 N–H and O–H groups in total. The molecule has 37 heavy (non-hydrogen) atoms. The fourth-order valence-electron chi connectivity index (χ4n) is 5.04. The lowest BCUT2D eigenvalue weighted by Gasteiger charge is -2.33. The van der Waals surface area contributed by atoms with E-state index in [-0.39, 0.29) is 24.4 Å². The number of thioether (sulfide) groups is 1. The lowest BCUT2D eigenvalue weighted by molar-refractivity contribution is -0.131. The van der Waals surface area contributed by atoms with Crippen molar-refractivity contribution in [1.82, 2.24) is 20.4 Å². The SMILES string of the molecule is CS(=O)CN(C=O)CC(=O)N[C@@H](CSCC1CCCCC1)C(=O)NC1CCN(Cc2ccccc2)CC1. The van der Waals surface area contributed by atoms with Crippen LogP contribution >= 0.6 is 11.8 Å². The van der Waals surface area contributed by atoms with Gasteiger partial charge in [-0.1, -0.05) is 49.6 Å². The van der Waals surface area contributed by atoms with Crippen LogP contribution in [0.2, 0.25) is 0 Å². The predicted octanol–water partition coefficient (Wildman–Crippen LogP) is 2.36. The van der Waals surface area contributed by atoms with E-state index in [9.17, 15) is 18.6 Å². The van der Waals surface area contributed by atoms with E-state index in [1.807, 2.05) is 6.07 Å². The zero-order valence-electron chi connectivity index (χ0n) is 21.9. The number of benzene rings is 1. The van der Waals surface area contributed by atoms with Crippen molar-refractivity contribution in [2.24, 2.45) is 5.92 Å². The van der Waals surface area contributed by atoms with Gasteiger partial charge in [0.2, 0.25) is 18.2 Å². The third-order valence-electron chi connectivity index (χ3n) is 7.04. The van der Waals surface area contributed by atoms with Crippen LogP contribution in [-0.4, -0.2) is 87.6 Å². The van der Waals surface area contributed by atoms with Crippen LogP contribution in [0.4, 0.5) is 0 Å². The van der Waals surface area contributed by atoms with E-state index >= 15 is 0 Å². The molecule has 2 atom stereocenters. The molecular weight excluding hydrogens is 508 g/mol. The van der Waals surface area contributed by atoms with Gasteiger partial charge >= 0.3 is 0 Å². The second-order valence-electron chi connectivity index (χ2n) is 10.3. The van der Waals surface area contributed by atoms with Crippen LogP contribution in [0, 0.1) is 5.92 Å². The highest BCUT2D eigenvalue weighted by Crippen LogP contribution is 2.27. The molecule has 1 aliphatic heterocycles. The quantitative estimate of drug-likeness (QED) is 0.345. The van der Waals surface area contributed by atoms with Gasteiger partial charge in [-0.3, -0.25) is 23.5 Å². The van der Waals surface area contributed by atoms with Crippen LogP contribution in [0.25, 0.3) is 0 Å². The molecule has 2 fully saturated rings. The van der Waals surface area contributed by atoms with Gasteiger partial charge in [0, 0.05) is 48.5 Å². The normalized spacial score (nSPS) is 19.1. The first-order chi connectivity index (χ1) is 17.9. The van der Waals surface area contributed by atoms with Gasteiger partial charge < -0.3 is 15.5 Å². The Hall–Kier alpha value is -1.91. The van der Waals surface area contributed by atoms with Crippen molar-refractivity contribution in [2.75, 3.05) is 43.3 Å². The first-order valence-electron chi connectivity index (χ1n) is 13.4. The average molecular weight is 551 g/mol. The number of nitrogens with zero attached hydrogens (tertiary/aromatic N) is 2. The zero-order chi connectivity index (χ0) is 26.5. The molecule has 1 saturated carbocycles. The summed E-state index contributed by atoms with van der Waals surface area (Å²) in [6.45, 7) is 2.53. The Labute approximate surface area is 228 Å². The summed E-state index contributed by atoms with van der Waals surface area (Å²) in [6, 6.07) is 9.82. The number of amides is 3. The molecule has 10 heteroatoms. The molecule has 0 aromatic heterocycles. The van der Waals surface area contributed by atoms with E-state index in [0.29, 0.717) is 18.1 Å². The second-order valence-corrected chi connectivity index (χ2v) is 12.7. The number of carbonyl (C=O) groups excluding carboxylic acids is 3. The third-order valence-corrected chi connectivity index (χ3v) is 9.01. The van der Waals surface area contributed by atoms with E-state index in [1.54, 1.807) is 11.8 Å². The Balaban J connectivity index is 1.50. The summed E-state index contributed by atoms with van der Waals surface area (Å²) in [5.74, 6) is 1.59. The Morgan fingerprint density at radius 2 is 1.84 bits per heavy atom. The number of likely N-dealkylation sites (tertiary alicyclic amines) is 1. The smallest absolute Gasteiger partial charge is 0.243 e. The van der Waals surface area contributed by atoms with Crippen LogP contribution in [0.15, 0.2) is 30.3 Å². The average Bonchev–Trinajstić information content (AvgIpc) is 2.89. The minimum Gasteiger partial charge on any atom is -0.351 e. The lowest BCUT2D eigenvalue weighted by atomic mass is 9.91. The molecule has 1 heterocycles. The predicted molar refractivity (Wildman–Crippen MR) is 150 cm³/mol. The Morgan fingerprint density at radius 1 is 1.14 bits per heavy atom. The van der Waals surface area contributed by atoms with Crippen molar-refractivity contribution in [1.29, 1.82) is 0 Å². The number of carbonyl (C=O) groups is 3. The Kier molecular flexibility index (Phi) is 12.9. The van der Waals surface area contributed by atoms with Crippen LogP contribution < -0.4 is 10.6 Å². The monoisotopic (exact) mass is 550 g/mol. The van der Waals surface area contributed by atoms with Crippen molar-refractivity contribution < 1.29 is 18.6 Å². The van der Waals surface area contributed by atoms with Gasteiger partial charge in [0.1, 0.15) is 12.6 Å². The van der Waals surface area contributed by atoms with Gasteiger partial charge in [0.15, 0.2) is 0 Å². The summed E-state index contributed by atoms with van der Waals surface area (Å²) in [5.41, 5.74) is 1.29. The fourth-order valence-corrected chi connectivity index (χ4v) is 6.93. The van der Waals surface area contributed by atoms with E-state index in [1.165, 1.54) is 48.8 Å². The summed E-state index contributed by atoms with van der Waals surface area (Å²) in [5, 5.41) is 6.01. The summed E-state index contributed by atoms with van der Waals surface area (Å²) < 4.78 is 11.5. The van der Waals surface area contributed by atoms with Crippen molar-refractivity contribution in [2.45, 2.75) is 63.6 Å². The first kappa shape index (κ1) is 29.6.